The van der Waals surface area contributed by atoms with Crippen molar-refractivity contribution in [3.8, 4) is 0 Å². The fourth-order valence-electron chi connectivity index (χ4n) is 4.73. The van der Waals surface area contributed by atoms with Gasteiger partial charge < -0.3 is 10.4 Å². The molecule has 0 aliphatic heterocycles. The van der Waals surface area contributed by atoms with E-state index in [1.165, 1.54) is 36.8 Å². The van der Waals surface area contributed by atoms with Crippen LogP contribution in [0.15, 0.2) is 24.3 Å². The molecule has 0 bridgehead atoms. The van der Waals surface area contributed by atoms with Crippen molar-refractivity contribution in [1.82, 2.24) is 5.32 Å². The zero-order valence-electron chi connectivity index (χ0n) is 15.8. The zero-order chi connectivity index (χ0) is 17.9. The molecule has 3 heteroatoms. The van der Waals surface area contributed by atoms with Gasteiger partial charge in [0.15, 0.2) is 0 Å². The molecule has 138 valence electrons. The molecule has 2 fully saturated rings. The van der Waals surface area contributed by atoms with Gasteiger partial charge in [-0.1, -0.05) is 51.0 Å². The number of hydrogen-bond acceptors (Lipinski definition) is 2. The molecule has 2 aliphatic rings. The van der Waals surface area contributed by atoms with Crippen LogP contribution in [0, 0.1) is 5.92 Å². The molecule has 0 radical (unpaired) electrons. The maximum atomic E-state index is 11.1. The minimum Gasteiger partial charge on any atom is -0.481 e. The second kappa shape index (κ2) is 7.90. The Kier molecular flexibility index (Phi) is 5.83. The van der Waals surface area contributed by atoms with Crippen molar-refractivity contribution in [1.29, 1.82) is 0 Å². The summed E-state index contributed by atoms with van der Waals surface area (Å²) in [5.74, 6) is -0.158. The highest BCUT2D eigenvalue weighted by atomic mass is 16.4. The Morgan fingerprint density at radius 1 is 1.12 bits per heavy atom. The number of nitrogens with one attached hydrogen (secondary N) is 1. The van der Waals surface area contributed by atoms with Crippen LogP contribution in [0.1, 0.15) is 82.3 Å². The number of rotatable bonds is 6. The molecule has 2 N–H and O–H groups in total. The first-order chi connectivity index (χ1) is 12.0. The van der Waals surface area contributed by atoms with Crippen molar-refractivity contribution in [2.24, 2.45) is 5.92 Å². The first kappa shape index (κ1) is 18.4. The van der Waals surface area contributed by atoms with Gasteiger partial charge in [-0.25, -0.2) is 0 Å². The third-order valence-corrected chi connectivity index (χ3v) is 6.56. The van der Waals surface area contributed by atoms with Gasteiger partial charge in [-0.05, 0) is 55.6 Å². The molecule has 2 saturated carbocycles. The SMILES string of the molecule is CC(C)c1ccc(C2(CNC3CCC(C(=O)O)CC3)CCCC2)cc1. The third kappa shape index (κ3) is 4.25. The molecule has 1 aromatic rings. The van der Waals surface area contributed by atoms with Gasteiger partial charge >= 0.3 is 5.97 Å². The Labute approximate surface area is 152 Å². The Balaban J connectivity index is 1.62. The van der Waals surface area contributed by atoms with Crippen molar-refractivity contribution < 1.29 is 9.90 Å². The fraction of sp³-hybridized carbons (Fsp3) is 0.682. The van der Waals surface area contributed by atoms with E-state index in [1.54, 1.807) is 0 Å². The minimum absolute atomic E-state index is 0.123. The van der Waals surface area contributed by atoms with E-state index in [0.29, 0.717) is 12.0 Å². The summed E-state index contributed by atoms with van der Waals surface area (Å²) in [6, 6.07) is 9.80. The van der Waals surface area contributed by atoms with Gasteiger partial charge in [0, 0.05) is 18.0 Å². The maximum absolute atomic E-state index is 11.1. The van der Waals surface area contributed by atoms with Crippen LogP contribution in [0.25, 0.3) is 0 Å². The van der Waals surface area contributed by atoms with E-state index in [0.717, 1.165) is 32.2 Å². The molecule has 3 nitrogen and oxygen atoms in total. The number of benzene rings is 1. The lowest BCUT2D eigenvalue weighted by atomic mass is 9.77. The van der Waals surface area contributed by atoms with E-state index in [1.807, 2.05) is 0 Å². The molecule has 0 aromatic heterocycles. The maximum Gasteiger partial charge on any atom is 0.306 e. The summed E-state index contributed by atoms with van der Waals surface area (Å²) < 4.78 is 0. The number of carbonyl (C=O) groups is 1. The van der Waals surface area contributed by atoms with Crippen LogP contribution in [0.3, 0.4) is 0 Å². The topological polar surface area (TPSA) is 49.3 Å². The molecule has 0 spiro atoms. The lowest BCUT2D eigenvalue weighted by Gasteiger charge is -2.34. The second-order valence-electron chi connectivity index (χ2n) is 8.53. The quantitative estimate of drug-likeness (QED) is 0.776. The molecule has 0 heterocycles. The normalized spacial score (nSPS) is 26.0. The highest BCUT2D eigenvalue weighted by Gasteiger charge is 2.36. The first-order valence-electron chi connectivity index (χ1n) is 10.1. The standard InChI is InChI=1S/C22H33NO2/c1-16(2)17-5-9-19(10-6-17)22(13-3-4-14-22)15-23-20-11-7-18(8-12-20)21(24)25/h5-6,9-10,16,18,20,23H,3-4,7-8,11-15H2,1-2H3,(H,24,25). The van der Waals surface area contributed by atoms with Crippen molar-refractivity contribution in [2.45, 2.75) is 82.6 Å². The van der Waals surface area contributed by atoms with Crippen LogP contribution in [-0.4, -0.2) is 23.7 Å². The lowest BCUT2D eigenvalue weighted by Crippen LogP contribution is -2.43. The summed E-state index contributed by atoms with van der Waals surface area (Å²) in [6.45, 7) is 5.53. The molecular formula is C22H33NO2. The van der Waals surface area contributed by atoms with E-state index in [4.69, 9.17) is 5.11 Å². The number of aliphatic carboxylic acids is 1. The van der Waals surface area contributed by atoms with Gasteiger partial charge in [-0.15, -0.1) is 0 Å². The molecule has 0 atom stereocenters. The third-order valence-electron chi connectivity index (χ3n) is 6.56. The predicted octanol–water partition coefficient (Wildman–Crippen LogP) is 4.85. The van der Waals surface area contributed by atoms with Crippen LogP contribution in [0.2, 0.25) is 0 Å². The molecular weight excluding hydrogens is 310 g/mol. The summed E-state index contributed by atoms with van der Waals surface area (Å²) in [6.07, 6.45) is 8.82. The molecule has 25 heavy (non-hydrogen) atoms. The Bertz CT molecular complexity index is 564. The largest absolute Gasteiger partial charge is 0.481 e. The minimum atomic E-state index is -0.615. The van der Waals surface area contributed by atoms with Crippen LogP contribution < -0.4 is 5.32 Å². The number of carboxylic acids is 1. The van der Waals surface area contributed by atoms with Gasteiger partial charge in [0.1, 0.15) is 0 Å². The summed E-state index contributed by atoms with van der Waals surface area (Å²) in [5, 5.41) is 13.0. The predicted molar refractivity (Wildman–Crippen MR) is 102 cm³/mol. The van der Waals surface area contributed by atoms with Crippen LogP contribution >= 0.6 is 0 Å². The zero-order valence-corrected chi connectivity index (χ0v) is 15.8. The van der Waals surface area contributed by atoms with Gasteiger partial charge in [0.05, 0.1) is 5.92 Å². The van der Waals surface area contributed by atoms with Crippen LogP contribution in [-0.2, 0) is 10.2 Å². The van der Waals surface area contributed by atoms with Gasteiger partial charge in [-0.3, -0.25) is 4.79 Å². The number of hydrogen-bond donors (Lipinski definition) is 2. The van der Waals surface area contributed by atoms with Gasteiger partial charge in [-0.2, -0.15) is 0 Å². The first-order valence-corrected chi connectivity index (χ1v) is 10.1. The summed E-state index contributed by atoms with van der Waals surface area (Å²) in [5.41, 5.74) is 3.18. The summed E-state index contributed by atoms with van der Waals surface area (Å²) in [4.78, 5) is 11.1. The Morgan fingerprint density at radius 3 is 2.24 bits per heavy atom. The molecule has 0 unspecified atom stereocenters. The number of carboxylic acid groups (broad SMARTS) is 1. The highest BCUT2D eigenvalue weighted by Crippen LogP contribution is 2.41. The van der Waals surface area contributed by atoms with Crippen molar-refractivity contribution in [3.63, 3.8) is 0 Å². The van der Waals surface area contributed by atoms with Gasteiger partial charge in [0.2, 0.25) is 0 Å². The van der Waals surface area contributed by atoms with Gasteiger partial charge in [0.25, 0.3) is 0 Å². The van der Waals surface area contributed by atoms with Crippen LogP contribution in [0.4, 0.5) is 0 Å². The van der Waals surface area contributed by atoms with Crippen molar-refractivity contribution in [2.75, 3.05) is 6.54 Å². The Hall–Kier alpha value is -1.35. The second-order valence-corrected chi connectivity index (χ2v) is 8.53. The average molecular weight is 344 g/mol. The fourth-order valence-corrected chi connectivity index (χ4v) is 4.73. The van der Waals surface area contributed by atoms with E-state index >= 15 is 0 Å². The molecule has 0 amide bonds. The monoisotopic (exact) mass is 343 g/mol. The van der Waals surface area contributed by atoms with Crippen molar-refractivity contribution in [3.05, 3.63) is 35.4 Å². The average Bonchev–Trinajstić information content (AvgIpc) is 3.10. The molecule has 2 aliphatic carbocycles. The molecule has 0 saturated heterocycles. The van der Waals surface area contributed by atoms with Crippen molar-refractivity contribution >= 4 is 5.97 Å². The van der Waals surface area contributed by atoms with E-state index < -0.39 is 5.97 Å². The van der Waals surface area contributed by atoms with E-state index in [9.17, 15) is 4.79 Å². The van der Waals surface area contributed by atoms with Crippen LogP contribution in [0.5, 0.6) is 0 Å². The molecule has 1 aromatic carbocycles. The smallest absolute Gasteiger partial charge is 0.306 e. The lowest BCUT2D eigenvalue weighted by molar-refractivity contribution is -0.142. The Morgan fingerprint density at radius 2 is 1.72 bits per heavy atom. The summed E-state index contributed by atoms with van der Waals surface area (Å²) >= 11 is 0. The highest BCUT2D eigenvalue weighted by molar-refractivity contribution is 5.70. The van der Waals surface area contributed by atoms with E-state index in [-0.39, 0.29) is 11.3 Å². The van der Waals surface area contributed by atoms with E-state index in [2.05, 4.69) is 43.4 Å². The summed E-state index contributed by atoms with van der Waals surface area (Å²) in [7, 11) is 0. The molecule has 3 rings (SSSR count).